The molecule has 28 heavy (non-hydrogen) atoms. The molecule has 1 amide bonds. The van der Waals surface area contributed by atoms with E-state index in [1.54, 1.807) is 37.3 Å². The van der Waals surface area contributed by atoms with Gasteiger partial charge in [-0.3, -0.25) is 14.9 Å². The van der Waals surface area contributed by atoms with Gasteiger partial charge in [-0.05, 0) is 31.2 Å². The summed E-state index contributed by atoms with van der Waals surface area (Å²) in [5.41, 5.74) is 6.67. The SMILES string of the molecule is CCNC(=O)c1cc2ccc([N+](=O)[O-])cc2nc1Oc1ccc(N)c(OC)c1. The van der Waals surface area contributed by atoms with E-state index in [9.17, 15) is 14.9 Å². The number of carbonyl (C=O) groups is 1. The fraction of sp³-hybridized carbons (Fsp3) is 0.158. The zero-order chi connectivity index (χ0) is 20.3. The van der Waals surface area contributed by atoms with Gasteiger partial charge in [0.25, 0.3) is 11.6 Å². The number of anilines is 1. The second-order valence-corrected chi connectivity index (χ2v) is 5.84. The number of nitrogens with one attached hydrogen (secondary N) is 1. The highest BCUT2D eigenvalue weighted by molar-refractivity contribution is 6.00. The number of ether oxygens (including phenoxy) is 2. The van der Waals surface area contributed by atoms with Crippen LogP contribution in [0.1, 0.15) is 17.3 Å². The van der Waals surface area contributed by atoms with Crippen molar-refractivity contribution >= 4 is 28.2 Å². The predicted octanol–water partition coefficient (Wildman–Crippen LogP) is 3.28. The van der Waals surface area contributed by atoms with Gasteiger partial charge in [-0.2, -0.15) is 0 Å². The minimum atomic E-state index is -0.510. The predicted molar refractivity (Wildman–Crippen MR) is 104 cm³/mol. The fourth-order valence-electron chi connectivity index (χ4n) is 2.61. The molecular formula is C19H18N4O5. The van der Waals surface area contributed by atoms with Gasteiger partial charge in [0.1, 0.15) is 17.1 Å². The Kier molecular flexibility index (Phi) is 5.25. The van der Waals surface area contributed by atoms with Crippen molar-refractivity contribution in [1.82, 2.24) is 10.3 Å². The summed E-state index contributed by atoms with van der Waals surface area (Å²) in [6, 6.07) is 10.6. The van der Waals surface area contributed by atoms with E-state index in [1.807, 2.05) is 0 Å². The van der Waals surface area contributed by atoms with E-state index in [1.165, 1.54) is 19.2 Å². The number of fused-ring (bicyclic) bond motifs is 1. The lowest BCUT2D eigenvalue weighted by molar-refractivity contribution is -0.384. The number of aromatic nitrogens is 1. The van der Waals surface area contributed by atoms with Gasteiger partial charge in [-0.25, -0.2) is 4.98 Å². The van der Waals surface area contributed by atoms with Gasteiger partial charge in [0.15, 0.2) is 0 Å². The number of hydrogen-bond acceptors (Lipinski definition) is 7. The highest BCUT2D eigenvalue weighted by Crippen LogP contribution is 2.32. The van der Waals surface area contributed by atoms with E-state index in [0.717, 1.165) is 0 Å². The maximum absolute atomic E-state index is 12.5. The number of hydrogen-bond donors (Lipinski definition) is 2. The van der Waals surface area contributed by atoms with Gasteiger partial charge >= 0.3 is 0 Å². The quantitative estimate of drug-likeness (QED) is 0.380. The van der Waals surface area contributed by atoms with Crippen LogP contribution < -0.4 is 20.5 Å². The van der Waals surface area contributed by atoms with Crippen LogP contribution in [0.3, 0.4) is 0 Å². The molecule has 0 aliphatic carbocycles. The number of benzene rings is 2. The van der Waals surface area contributed by atoms with Crippen molar-refractivity contribution in [1.29, 1.82) is 0 Å². The first kappa shape index (κ1) is 18.9. The number of nitrogen functional groups attached to an aromatic ring is 1. The van der Waals surface area contributed by atoms with Crippen LogP contribution in [0.15, 0.2) is 42.5 Å². The molecule has 0 saturated carbocycles. The third kappa shape index (κ3) is 3.78. The lowest BCUT2D eigenvalue weighted by Crippen LogP contribution is -2.23. The van der Waals surface area contributed by atoms with Crippen molar-refractivity contribution in [2.24, 2.45) is 0 Å². The lowest BCUT2D eigenvalue weighted by atomic mass is 10.1. The highest BCUT2D eigenvalue weighted by atomic mass is 16.6. The lowest BCUT2D eigenvalue weighted by Gasteiger charge is -2.13. The summed E-state index contributed by atoms with van der Waals surface area (Å²) in [4.78, 5) is 27.3. The number of carbonyl (C=O) groups excluding carboxylic acids is 1. The van der Waals surface area contributed by atoms with E-state index < -0.39 is 4.92 Å². The van der Waals surface area contributed by atoms with E-state index in [-0.39, 0.29) is 23.0 Å². The Hall–Kier alpha value is -3.88. The molecule has 0 aliphatic rings. The molecular weight excluding hydrogens is 364 g/mol. The second kappa shape index (κ2) is 7.78. The minimum absolute atomic E-state index is 0.0192. The Morgan fingerprint density at radius 2 is 2.04 bits per heavy atom. The Balaban J connectivity index is 2.12. The van der Waals surface area contributed by atoms with Gasteiger partial charge in [-0.1, -0.05) is 0 Å². The van der Waals surface area contributed by atoms with Crippen molar-refractivity contribution in [3.8, 4) is 17.4 Å². The van der Waals surface area contributed by atoms with Crippen molar-refractivity contribution in [2.75, 3.05) is 19.4 Å². The van der Waals surface area contributed by atoms with Crippen LogP contribution in [-0.2, 0) is 0 Å². The van der Waals surface area contributed by atoms with Crippen LogP contribution >= 0.6 is 0 Å². The summed E-state index contributed by atoms with van der Waals surface area (Å²) < 4.78 is 11.0. The molecule has 0 spiro atoms. The molecule has 1 heterocycles. The number of nitro groups is 1. The molecule has 0 atom stereocenters. The summed E-state index contributed by atoms with van der Waals surface area (Å²) in [5.74, 6) is 0.417. The molecule has 3 aromatic rings. The number of nitro benzene ring substituents is 1. The van der Waals surface area contributed by atoms with E-state index >= 15 is 0 Å². The molecule has 1 aromatic heterocycles. The van der Waals surface area contributed by atoms with Crippen molar-refractivity contribution in [3.63, 3.8) is 0 Å². The molecule has 0 unspecified atom stereocenters. The topological polar surface area (TPSA) is 130 Å². The molecule has 2 aromatic carbocycles. The van der Waals surface area contributed by atoms with Crippen LogP contribution in [0.5, 0.6) is 17.4 Å². The van der Waals surface area contributed by atoms with E-state index in [0.29, 0.717) is 34.6 Å². The van der Waals surface area contributed by atoms with E-state index in [4.69, 9.17) is 15.2 Å². The van der Waals surface area contributed by atoms with Crippen LogP contribution in [0.2, 0.25) is 0 Å². The van der Waals surface area contributed by atoms with Gasteiger partial charge in [0.2, 0.25) is 5.88 Å². The monoisotopic (exact) mass is 382 g/mol. The van der Waals surface area contributed by atoms with Crippen LogP contribution in [-0.4, -0.2) is 29.5 Å². The molecule has 9 heteroatoms. The first-order chi connectivity index (χ1) is 13.4. The first-order valence-electron chi connectivity index (χ1n) is 8.41. The second-order valence-electron chi connectivity index (χ2n) is 5.84. The first-order valence-corrected chi connectivity index (χ1v) is 8.41. The molecule has 0 saturated heterocycles. The molecule has 3 N–H and O–H groups in total. The molecule has 9 nitrogen and oxygen atoms in total. The van der Waals surface area contributed by atoms with Crippen molar-refractivity contribution in [3.05, 3.63) is 58.1 Å². The Bertz CT molecular complexity index is 1070. The molecule has 0 bridgehead atoms. The third-order valence-electron chi connectivity index (χ3n) is 3.98. The standard InChI is InChI=1S/C19H18N4O5/c1-3-21-18(24)14-8-11-4-5-12(23(25)26)9-16(11)22-19(14)28-13-6-7-15(20)17(10-13)27-2/h4-10H,3,20H2,1-2H3,(H,21,24). The smallest absolute Gasteiger partial charge is 0.271 e. The number of pyridine rings is 1. The molecule has 144 valence electrons. The average Bonchev–Trinajstić information content (AvgIpc) is 2.68. The summed E-state index contributed by atoms with van der Waals surface area (Å²) >= 11 is 0. The molecule has 0 fully saturated rings. The average molecular weight is 382 g/mol. The van der Waals surface area contributed by atoms with E-state index in [2.05, 4.69) is 10.3 Å². The highest BCUT2D eigenvalue weighted by Gasteiger charge is 2.18. The molecule has 3 rings (SSSR count). The molecule has 0 aliphatic heterocycles. The number of nitrogens with two attached hydrogens (primary N) is 1. The zero-order valence-corrected chi connectivity index (χ0v) is 15.3. The number of methoxy groups -OCH3 is 1. The van der Waals surface area contributed by atoms with Gasteiger partial charge in [0, 0.05) is 30.1 Å². The number of non-ortho nitro benzene ring substituents is 1. The van der Waals surface area contributed by atoms with Crippen molar-refractivity contribution in [2.45, 2.75) is 6.92 Å². The van der Waals surface area contributed by atoms with Crippen LogP contribution in [0.4, 0.5) is 11.4 Å². The minimum Gasteiger partial charge on any atom is -0.494 e. The Morgan fingerprint density at radius 1 is 1.25 bits per heavy atom. The zero-order valence-electron chi connectivity index (χ0n) is 15.3. The maximum Gasteiger partial charge on any atom is 0.271 e. The summed E-state index contributed by atoms with van der Waals surface area (Å²) in [6.07, 6.45) is 0. The summed E-state index contributed by atoms with van der Waals surface area (Å²) in [6.45, 7) is 2.22. The Labute approximate surface area is 160 Å². The normalized spacial score (nSPS) is 10.5. The fourth-order valence-corrected chi connectivity index (χ4v) is 2.61. The van der Waals surface area contributed by atoms with Crippen LogP contribution in [0, 0.1) is 10.1 Å². The van der Waals surface area contributed by atoms with Gasteiger partial charge < -0.3 is 20.5 Å². The summed E-state index contributed by atoms with van der Waals surface area (Å²) in [7, 11) is 1.48. The van der Waals surface area contributed by atoms with Gasteiger partial charge in [0.05, 0.1) is 23.2 Å². The number of rotatable bonds is 6. The maximum atomic E-state index is 12.5. The van der Waals surface area contributed by atoms with Crippen LogP contribution in [0.25, 0.3) is 10.9 Å². The number of amides is 1. The van der Waals surface area contributed by atoms with Gasteiger partial charge in [-0.15, -0.1) is 0 Å². The molecule has 0 radical (unpaired) electrons. The summed E-state index contributed by atoms with van der Waals surface area (Å²) in [5, 5.41) is 14.3. The Morgan fingerprint density at radius 3 is 2.71 bits per heavy atom. The number of nitrogens with zero attached hydrogens (tertiary/aromatic N) is 2. The third-order valence-corrected chi connectivity index (χ3v) is 3.98. The van der Waals surface area contributed by atoms with Crippen molar-refractivity contribution < 1.29 is 19.2 Å². The largest absolute Gasteiger partial charge is 0.494 e.